The molecule has 3 aromatic carbocycles. The first-order valence-electron chi connectivity index (χ1n) is 9.94. The standard InChI is InChI=1S/C23H22ClN3O4S/c1-31-21-11-10-18(24)12-20(21)27(32(2,29)30)14-22(28)26-25-13-17-9-8-16-7-6-15-4-3-5-19(17)23(15)16/h3-5,8-13H,6-7,14H2,1-2H3,(H,26,28)/b25-13-. The van der Waals surface area contributed by atoms with Gasteiger partial charge in [0, 0.05) is 10.6 Å². The van der Waals surface area contributed by atoms with Crippen LogP contribution in [0, 0.1) is 0 Å². The van der Waals surface area contributed by atoms with Gasteiger partial charge in [-0.3, -0.25) is 9.10 Å². The Balaban J connectivity index is 1.54. The molecule has 0 spiro atoms. The van der Waals surface area contributed by atoms with Crippen LogP contribution in [0.4, 0.5) is 5.69 Å². The van der Waals surface area contributed by atoms with Crippen molar-refractivity contribution in [2.24, 2.45) is 5.10 Å². The average molecular weight is 472 g/mol. The van der Waals surface area contributed by atoms with Crippen molar-refractivity contribution in [1.29, 1.82) is 0 Å². The fourth-order valence-electron chi connectivity index (χ4n) is 3.96. The highest BCUT2D eigenvalue weighted by atomic mass is 35.5. The Morgan fingerprint density at radius 2 is 1.94 bits per heavy atom. The summed E-state index contributed by atoms with van der Waals surface area (Å²) in [4.78, 5) is 12.5. The number of anilines is 1. The zero-order valence-corrected chi connectivity index (χ0v) is 19.2. The Labute approximate surface area is 191 Å². The minimum atomic E-state index is -3.79. The fraction of sp³-hybridized carbons (Fsp3) is 0.217. The number of methoxy groups -OCH3 is 1. The Bertz CT molecular complexity index is 1330. The summed E-state index contributed by atoms with van der Waals surface area (Å²) in [5.41, 5.74) is 6.10. The first kappa shape index (κ1) is 22.1. The van der Waals surface area contributed by atoms with Crippen LogP contribution in [-0.2, 0) is 27.7 Å². The lowest BCUT2D eigenvalue weighted by atomic mass is 10.0. The maximum absolute atomic E-state index is 12.5. The van der Waals surface area contributed by atoms with E-state index in [0.29, 0.717) is 5.02 Å². The molecule has 0 fully saturated rings. The quantitative estimate of drug-likeness (QED) is 0.422. The zero-order chi connectivity index (χ0) is 22.9. The number of benzene rings is 3. The summed E-state index contributed by atoms with van der Waals surface area (Å²) < 4.78 is 30.9. The minimum absolute atomic E-state index is 0.175. The summed E-state index contributed by atoms with van der Waals surface area (Å²) >= 11 is 6.03. The number of rotatable bonds is 7. The third-order valence-corrected chi connectivity index (χ3v) is 6.76. The zero-order valence-electron chi connectivity index (χ0n) is 17.6. The fourth-order valence-corrected chi connectivity index (χ4v) is 4.98. The summed E-state index contributed by atoms with van der Waals surface area (Å²) in [6, 6.07) is 14.8. The monoisotopic (exact) mass is 471 g/mol. The second-order valence-corrected chi connectivity index (χ2v) is 9.88. The van der Waals surface area contributed by atoms with Crippen LogP contribution < -0.4 is 14.5 Å². The Morgan fingerprint density at radius 1 is 1.19 bits per heavy atom. The number of carbonyl (C=O) groups is 1. The van der Waals surface area contributed by atoms with Gasteiger partial charge in [-0.25, -0.2) is 13.8 Å². The topological polar surface area (TPSA) is 88.1 Å². The molecule has 0 unspecified atom stereocenters. The number of sulfonamides is 1. The van der Waals surface area contributed by atoms with E-state index in [1.165, 1.54) is 29.7 Å². The van der Waals surface area contributed by atoms with Crippen LogP contribution in [0.1, 0.15) is 16.7 Å². The molecule has 0 atom stereocenters. The smallest absolute Gasteiger partial charge is 0.260 e. The van der Waals surface area contributed by atoms with E-state index in [1.807, 2.05) is 18.2 Å². The molecular weight excluding hydrogens is 450 g/mol. The maximum Gasteiger partial charge on any atom is 0.260 e. The van der Waals surface area contributed by atoms with Crippen molar-refractivity contribution in [2.75, 3.05) is 24.2 Å². The van der Waals surface area contributed by atoms with Gasteiger partial charge >= 0.3 is 0 Å². The van der Waals surface area contributed by atoms with E-state index in [0.717, 1.165) is 34.4 Å². The number of hydrogen-bond acceptors (Lipinski definition) is 5. The van der Waals surface area contributed by atoms with Crippen molar-refractivity contribution in [3.63, 3.8) is 0 Å². The van der Waals surface area contributed by atoms with Gasteiger partial charge in [-0.05, 0) is 52.9 Å². The van der Waals surface area contributed by atoms with E-state index >= 15 is 0 Å². The van der Waals surface area contributed by atoms with Gasteiger partial charge in [0.1, 0.15) is 12.3 Å². The number of nitrogens with one attached hydrogen (secondary N) is 1. The second kappa shape index (κ2) is 8.80. The van der Waals surface area contributed by atoms with E-state index in [4.69, 9.17) is 16.3 Å². The summed E-state index contributed by atoms with van der Waals surface area (Å²) in [6.07, 6.45) is 4.64. The molecule has 1 aliphatic rings. The number of aryl methyl sites for hydroxylation is 2. The summed E-state index contributed by atoms with van der Waals surface area (Å²) in [5, 5.41) is 6.71. The van der Waals surface area contributed by atoms with E-state index in [-0.39, 0.29) is 11.4 Å². The number of halogens is 1. The largest absolute Gasteiger partial charge is 0.495 e. The Morgan fingerprint density at radius 3 is 2.66 bits per heavy atom. The lowest BCUT2D eigenvalue weighted by molar-refractivity contribution is -0.119. The maximum atomic E-state index is 12.5. The SMILES string of the molecule is COc1ccc(Cl)cc1N(CC(=O)N/N=C\c1ccc2c3c(cccc13)CC2)S(C)(=O)=O. The van der Waals surface area contributed by atoms with Gasteiger partial charge in [0.2, 0.25) is 10.0 Å². The number of carbonyl (C=O) groups excluding carboxylic acids is 1. The molecule has 1 N–H and O–H groups in total. The average Bonchev–Trinajstić information content (AvgIpc) is 3.17. The Hall–Kier alpha value is -3.10. The van der Waals surface area contributed by atoms with Gasteiger partial charge in [-0.1, -0.05) is 41.9 Å². The highest BCUT2D eigenvalue weighted by Crippen LogP contribution is 2.33. The van der Waals surface area contributed by atoms with Gasteiger partial charge in [-0.2, -0.15) is 5.10 Å². The molecule has 0 saturated carbocycles. The van der Waals surface area contributed by atoms with Crippen LogP contribution in [0.25, 0.3) is 10.8 Å². The lowest BCUT2D eigenvalue weighted by Crippen LogP contribution is -2.39. The molecule has 0 saturated heterocycles. The second-order valence-electron chi connectivity index (χ2n) is 7.53. The van der Waals surface area contributed by atoms with E-state index in [1.54, 1.807) is 18.3 Å². The molecule has 166 valence electrons. The molecule has 7 nitrogen and oxygen atoms in total. The predicted molar refractivity (Wildman–Crippen MR) is 127 cm³/mol. The number of amides is 1. The van der Waals surface area contributed by atoms with Crippen LogP contribution in [-0.4, -0.2) is 40.4 Å². The molecular formula is C23H22ClN3O4S. The van der Waals surface area contributed by atoms with Crippen LogP contribution in [0.5, 0.6) is 5.75 Å². The predicted octanol–water partition coefficient (Wildman–Crippen LogP) is 3.52. The highest BCUT2D eigenvalue weighted by molar-refractivity contribution is 7.92. The summed E-state index contributed by atoms with van der Waals surface area (Å²) in [5.74, 6) is -0.316. The number of nitrogens with zero attached hydrogens (tertiary/aromatic N) is 2. The van der Waals surface area contributed by atoms with Crippen molar-refractivity contribution in [3.05, 3.63) is 70.2 Å². The van der Waals surface area contributed by atoms with Crippen LogP contribution in [0.15, 0.2) is 53.6 Å². The summed E-state index contributed by atoms with van der Waals surface area (Å²) in [6.45, 7) is -0.475. The van der Waals surface area contributed by atoms with Gasteiger partial charge < -0.3 is 4.74 Å². The van der Waals surface area contributed by atoms with Crippen molar-refractivity contribution in [1.82, 2.24) is 5.43 Å². The van der Waals surface area contributed by atoms with Crippen LogP contribution in [0.3, 0.4) is 0 Å². The van der Waals surface area contributed by atoms with Crippen molar-refractivity contribution in [2.45, 2.75) is 12.8 Å². The molecule has 0 heterocycles. The lowest BCUT2D eigenvalue weighted by Gasteiger charge is -2.23. The normalized spacial score (nSPS) is 13.0. The third kappa shape index (κ3) is 4.42. The minimum Gasteiger partial charge on any atom is -0.495 e. The van der Waals surface area contributed by atoms with Crippen LogP contribution >= 0.6 is 11.6 Å². The van der Waals surface area contributed by atoms with E-state index in [2.05, 4.69) is 22.7 Å². The number of ether oxygens (including phenoxy) is 1. The van der Waals surface area contributed by atoms with E-state index < -0.39 is 22.5 Å². The molecule has 0 radical (unpaired) electrons. The molecule has 9 heteroatoms. The van der Waals surface area contributed by atoms with Crippen molar-refractivity contribution < 1.29 is 17.9 Å². The third-order valence-electron chi connectivity index (χ3n) is 5.40. The highest BCUT2D eigenvalue weighted by Gasteiger charge is 2.24. The van der Waals surface area contributed by atoms with Gasteiger partial charge in [-0.15, -0.1) is 0 Å². The molecule has 4 rings (SSSR count). The molecule has 0 bridgehead atoms. The summed E-state index contributed by atoms with van der Waals surface area (Å²) in [7, 11) is -2.38. The molecule has 1 aliphatic carbocycles. The number of hydrogen-bond donors (Lipinski definition) is 1. The molecule has 1 amide bonds. The van der Waals surface area contributed by atoms with Gasteiger partial charge in [0.05, 0.1) is 25.3 Å². The van der Waals surface area contributed by atoms with Gasteiger partial charge in [0.15, 0.2) is 0 Å². The molecule has 3 aromatic rings. The molecule has 0 aliphatic heterocycles. The first-order chi connectivity index (χ1) is 15.3. The number of hydrazone groups is 1. The van der Waals surface area contributed by atoms with Crippen LogP contribution in [0.2, 0.25) is 5.02 Å². The van der Waals surface area contributed by atoms with Crippen molar-refractivity contribution >= 4 is 50.2 Å². The van der Waals surface area contributed by atoms with Gasteiger partial charge in [0.25, 0.3) is 5.91 Å². The Kier molecular flexibility index (Phi) is 6.08. The molecule has 0 aromatic heterocycles. The van der Waals surface area contributed by atoms with Crippen molar-refractivity contribution in [3.8, 4) is 5.75 Å². The molecule has 32 heavy (non-hydrogen) atoms. The first-order valence-corrected chi connectivity index (χ1v) is 12.2. The van der Waals surface area contributed by atoms with E-state index in [9.17, 15) is 13.2 Å².